The highest BCUT2D eigenvalue weighted by Gasteiger charge is 2.30. The molecular formula is C16H16O2S2. The van der Waals surface area contributed by atoms with Gasteiger partial charge >= 0.3 is 5.97 Å². The Balaban J connectivity index is 2.22. The van der Waals surface area contributed by atoms with Crippen LogP contribution in [0.15, 0.2) is 12.1 Å². The number of carbonyl (C=O) groups is 1. The van der Waals surface area contributed by atoms with E-state index in [-0.39, 0.29) is 5.97 Å². The molecule has 0 aromatic carbocycles. The van der Waals surface area contributed by atoms with Crippen molar-refractivity contribution < 1.29 is 9.53 Å². The lowest BCUT2D eigenvalue weighted by Gasteiger charge is -2.03. The van der Waals surface area contributed by atoms with E-state index in [0.29, 0.717) is 6.61 Å². The summed E-state index contributed by atoms with van der Waals surface area (Å²) in [7, 11) is 0. The monoisotopic (exact) mass is 304 g/mol. The summed E-state index contributed by atoms with van der Waals surface area (Å²) in [5.41, 5.74) is 4.00. The molecule has 0 bridgehead atoms. The second kappa shape index (κ2) is 4.86. The van der Waals surface area contributed by atoms with Crippen molar-refractivity contribution in [1.29, 1.82) is 0 Å². The Bertz CT molecular complexity index is 732. The minimum Gasteiger partial charge on any atom is -0.457 e. The van der Waals surface area contributed by atoms with Crippen LogP contribution in [0, 0.1) is 27.7 Å². The lowest BCUT2D eigenvalue weighted by atomic mass is 9.97. The van der Waals surface area contributed by atoms with E-state index >= 15 is 0 Å². The molecule has 0 radical (unpaired) electrons. The van der Waals surface area contributed by atoms with Crippen molar-refractivity contribution in [2.75, 3.05) is 6.61 Å². The van der Waals surface area contributed by atoms with Gasteiger partial charge in [-0.1, -0.05) is 0 Å². The Morgan fingerprint density at radius 2 is 1.50 bits per heavy atom. The van der Waals surface area contributed by atoms with E-state index in [0.717, 1.165) is 22.3 Å². The second-order valence-electron chi connectivity index (χ2n) is 5.08. The lowest BCUT2D eigenvalue weighted by Crippen LogP contribution is -1.98. The van der Waals surface area contributed by atoms with Crippen LogP contribution in [0.1, 0.15) is 30.6 Å². The summed E-state index contributed by atoms with van der Waals surface area (Å²) in [6.07, 6.45) is 0. The first-order valence-electron chi connectivity index (χ1n) is 6.52. The zero-order valence-corrected chi connectivity index (χ0v) is 13.6. The molecule has 2 aromatic heterocycles. The predicted octanol–water partition coefficient (Wildman–Crippen LogP) is 4.51. The van der Waals surface area contributed by atoms with Crippen LogP contribution in [-0.2, 0) is 9.53 Å². The highest BCUT2D eigenvalue weighted by Crippen LogP contribution is 2.39. The summed E-state index contributed by atoms with van der Waals surface area (Å²) in [6, 6.07) is 4.25. The zero-order chi connectivity index (χ0) is 14.4. The summed E-state index contributed by atoms with van der Waals surface area (Å²) in [5, 5.41) is 0. The molecule has 3 rings (SSSR count). The topological polar surface area (TPSA) is 26.3 Å². The van der Waals surface area contributed by atoms with Gasteiger partial charge in [0.05, 0.1) is 5.57 Å². The van der Waals surface area contributed by atoms with Crippen LogP contribution in [0.2, 0.25) is 0 Å². The molecule has 0 spiro atoms. The molecule has 20 heavy (non-hydrogen) atoms. The maximum absolute atomic E-state index is 12.2. The maximum atomic E-state index is 12.2. The summed E-state index contributed by atoms with van der Waals surface area (Å²) < 4.78 is 5.31. The molecule has 4 heteroatoms. The Hall–Kier alpha value is -1.39. The molecule has 3 heterocycles. The van der Waals surface area contributed by atoms with E-state index in [9.17, 15) is 4.79 Å². The molecule has 104 valence electrons. The first-order chi connectivity index (χ1) is 9.47. The minimum atomic E-state index is -0.191. The van der Waals surface area contributed by atoms with Gasteiger partial charge in [0.25, 0.3) is 0 Å². The number of esters is 1. The van der Waals surface area contributed by atoms with Crippen molar-refractivity contribution in [3.05, 3.63) is 42.8 Å². The molecule has 0 saturated carbocycles. The number of rotatable bonds is 2. The minimum absolute atomic E-state index is 0.191. The van der Waals surface area contributed by atoms with Crippen molar-refractivity contribution in [2.24, 2.45) is 0 Å². The third-order valence-electron chi connectivity index (χ3n) is 3.53. The fourth-order valence-electron chi connectivity index (χ4n) is 2.70. The SMILES string of the molecule is Cc1cc(C2=C(c3cc(C)sc3C)C(=O)OC2)c(C)s1. The largest absolute Gasteiger partial charge is 0.457 e. The van der Waals surface area contributed by atoms with E-state index in [1.54, 1.807) is 22.7 Å². The van der Waals surface area contributed by atoms with E-state index in [2.05, 4.69) is 39.8 Å². The molecule has 2 nitrogen and oxygen atoms in total. The van der Waals surface area contributed by atoms with Gasteiger partial charge in [0.1, 0.15) is 6.61 Å². The standard InChI is InChI=1S/C16H16O2S2/c1-8-5-12(10(3)19-8)14-7-18-16(17)15(14)13-6-9(2)20-11(13)4/h5-6H,7H2,1-4H3. The van der Waals surface area contributed by atoms with Crippen LogP contribution in [0.5, 0.6) is 0 Å². The molecule has 0 unspecified atom stereocenters. The average molecular weight is 304 g/mol. The van der Waals surface area contributed by atoms with Crippen LogP contribution >= 0.6 is 22.7 Å². The molecular weight excluding hydrogens is 288 g/mol. The van der Waals surface area contributed by atoms with Crippen molar-refractivity contribution >= 4 is 39.8 Å². The Morgan fingerprint density at radius 3 is 2.00 bits per heavy atom. The average Bonchev–Trinajstić information content (AvgIpc) is 2.98. The number of ether oxygens (including phenoxy) is 1. The quantitative estimate of drug-likeness (QED) is 0.763. The van der Waals surface area contributed by atoms with Gasteiger partial charge in [-0.3, -0.25) is 0 Å². The molecule has 0 aliphatic carbocycles. The number of hydrogen-bond donors (Lipinski definition) is 0. The first-order valence-corrected chi connectivity index (χ1v) is 8.15. The molecule has 1 aliphatic rings. The molecule has 0 N–H and O–H groups in total. The second-order valence-corrected chi connectivity index (χ2v) is 8.00. The fourth-order valence-corrected chi connectivity index (χ4v) is 4.58. The van der Waals surface area contributed by atoms with E-state index < -0.39 is 0 Å². The molecule has 0 amide bonds. The van der Waals surface area contributed by atoms with Gasteiger partial charge in [-0.05, 0) is 45.4 Å². The van der Waals surface area contributed by atoms with Gasteiger partial charge in [-0.2, -0.15) is 0 Å². The predicted molar refractivity (Wildman–Crippen MR) is 85.4 cm³/mol. The summed E-state index contributed by atoms with van der Waals surface area (Å²) in [6.45, 7) is 8.72. The number of carbonyl (C=O) groups excluding carboxylic acids is 1. The molecule has 0 atom stereocenters. The van der Waals surface area contributed by atoms with Gasteiger partial charge in [0, 0.05) is 30.6 Å². The molecule has 2 aromatic rings. The molecule has 0 fully saturated rings. The zero-order valence-electron chi connectivity index (χ0n) is 12.0. The first kappa shape index (κ1) is 13.6. The van der Waals surface area contributed by atoms with Crippen LogP contribution < -0.4 is 0 Å². The van der Waals surface area contributed by atoms with Gasteiger partial charge in [0.15, 0.2) is 0 Å². The van der Waals surface area contributed by atoms with Gasteiger partial charge in [-0.25, -0.2) is 4.79 Å². The summed E-state index contributed by atoms with van der Waals surface area (Å²) >= 11 is 3.49. The third-order valence-corrected chi connectivity index (χ3v) is 5.46. The van der Waals surface area contributed by atoms with Crippen molar-refractivity contribution in [2.45, 2.75) is 27.7 Å². The number of hydrogen-bond acceptors (Lipinski definition) is 4. The van der Waals surface area contributed by atoms with Crippen LogP contribution in [0.3, 0.4) is 0 Å². The molecule has 0 saturated heterocycles. The summed E-state index contributed by atoms with van der Waals surface area (Å²) in [5.74, 6) is -0.191. The highest BCUT2D eigenvalue weighted by atomic mass is 32.1. The fraction of sp³-hybridized carbons (Fsp3) is 0.312. The number of aryl methyl sites for hydroxylation is 4. The Kier molecular flexibility index (Phi) is 3.30. The Morgan fingerprint density at radius 1 is 0.950 bits per heavy atom. The van der Waals surface area contributed by atoms with Crippen molar-refractivity contribution in [3.63, 3.8) is 0 Å². The normalized spacial score (nSPS) is 15.1. The Labute approximate surface area is 126 Å². The van der Waals surface area contributed by atoms with E-state index in [4.69, 9.17) is 4.74 Å². The van der Waals surface area contributed by atoms with E-state index in [1.807, 2.05) is 0 Å². The highest BCUT2D eigenvalue weighted by molar-refractivity contribution is 7.12. The van der Waals surface area contributed by atoms with Crippen molar-refractivity contribution in [3.8, 4) is 0 Å². The van der Waals surface area contributed by atoms with Gasteiger partial charge < -0.3 is 4.74 Å². The number of thiophene rings is 2. The van der Waals surface area contributed by atoms with Gasteiger partial charge in [-0.15, -0.1) is 22.7 Å². The lowest BCUT2D eigenvalue weighted by molar-refractivity contribution is -0.133. The van der Waals surface area contributed by atoms with Crippen molar-refractivity contribution in [1.82, 2.24) is 0 Å². The van der Waals surface area contributed by atoms with Crippen LogP contribution in [-0.4, -0.2) is 12.6 Å². The van der Waals surface area contributed by atoms with E-state index in [1.165, 1.54) is 19.5 Å². The van der Waals surface area contributed by atoms with Crippen LogP contribution in [0.25, 0.3) is 11.1 Å². The van der Waals surface area contributed by atoms with Gasteiger partial charge in [0.2, 0.25) is 0 Å². The summed E-state index contributed by atoms with van der Waals surface area (Å²) in [4.78, 5) is 17.1. The smallest absolute Gasteiger partial charge is 0.339 e. The van der Waals surface area contributed by atoms with Crippen LogP contribution in [0.4, 0.5) is 0 Å². The number of cyclic esters (lactones) is 1. The maximum Gasteiger partial charge on any atom is 0.339 e. The third kappa shape index (κ3) is 2.13. The molecule has 1 aliphatic heterocycles.